The van der Waals surface area contributed by atoms with E-state index < -0.39 is 11.9 Å². The summed E-state index contributed by atoms with van der Waals surface area (Å²) < 4.78 is 23.3. The van der Waals surface area contributed by atoms with Crippen LogP contribution in [0.5, 0.6) is 5.75 Å². The van der Waals surface area contributed by atoms with Crippen molar-refractivity contribution in [3.05, 3.63) is 53.3 Å². The predicted octanol–water partition coefficient (Wildman–Crippen LogP) is 3.57. The minimum Gasteiger partial charge on any atom is -0.496 e. The maximum atomic E-state index is 13.7. The van der Waals surface area contributed by atoms with Crippen LogP contribution in [0.15, 0.2) is 36.4 Å². The van der Waals surface area contributed by atoms with E-state index in [2.05, 4.69) is 15.4 Å². The predicted molar refractivity (Wildman–Crippen MR) is 88.1 cm³/mol. The third-order valence-electron chi connectivity index (χ3n) is 3.32. The average Bonchev–Trinajstić information content (AvgIpc) is 2.58. The minimum atomic E-state index is -0.805. The molecule has 2 rings (SSSR count). The molecule has 0 bridgehead atoms. The SMILES string of the molecule is COC(=O)Nc1cc(NC(=O)c2ccc(C)c(OC)c2)ccc1F. The number of hydrogen-bond donors (Lipinski definition) is 2. The summed E-state index contributed by atoms with van der Waals surface area (Å²) in [5.41, 5.74) is 1.53. The summed E-state index contributed by atoms with van der Waals surface area (Å²) >= 11 is 0. The molecule has 2 amide bonds. The van der Waals surface area contributed by atoms with E-state index >= 15 is 0 Å². The van der Waals surface area contributed by atoms with Crippen molar-refractivity contribution in [1.82, 2.24) is 0 Å². The van der Waals surface area contributed by atoms with Crippen molar-refractivity contribution in [2.45, 2.75) is 6.92 Å². The summed E-state index contributed by atoms with van der Waals surface area (Å²) in [5.74, 6) is -0.436. The van der Waals surface area contributed by atoms with Gasteiger partial charge < -0.3 is 14.8 Å². The molecule has 2 N–H and O–H groups in total. The number of aryl methyl sites for hydroxylation is 1. The molecular weight excluding hydrogens is 315 g/mol. The Kier molecular flexibility index (Phi) is 5.36. The van der Waals surface area contributed by atoms with Crippen LogP contribution in [0, 0.1) is 12.7 Å². The first-order chi connectivity index (χ1) is 11.4. The van der Waals surface area contributed by atoms with Gasteiger partial charge >= 0.3 is 6.09 Å². The molecule has 0 aliphatic rings. The van der Waals surface area contributed by atoms with Crippen LogP contribution in [0.1, 0.15) is 15.9 Å². The molecule has 2 aromatic rings. The Morgan fingerprint density at radius 2 is 1.79 bits per heavy atom. The van der Waals surface area contributed by atoms with Crippen molar-refractivity contribution < 1.29 is 23.5 Å². The summed E-state index contributed by atoms with van der Waals surface area (Å²) in [6.45, 7) is 1.87. The topological polar surface area (TPSA) is 76.7 Å². The van der Waals surface area contributed by atoms with Gasteiger partial charge in [0.1, 0.15) is 11.6 Å². The van der Waals surface area contributed by atoms with E-state index in [4.69, 9.17) is 4.74 Å². The zero-order valence-corrected chi connectivity index (χ0v) is 13.5. The zero-order valence-electron chi connectivity index (χ0n) is 13.5. The number of amides is 2. The molecule has 24 heavy (non-hydrogen) atoms. The fourth-order valence-corrected chi connectivity index (χ4v) is 2.02. The fraction of sp³-hybridized carbons (Fsp3) is 0.176. The number of nitrogens with one attached hydrogen (secondary N) is 2. The van der Waals surface area contributed by atoms with Gasteiger partial charge in [-0.2, -0.15) is 0 Å². The first-order valence-corrected chi connectivity index (χ1v) is 7.05. The zero-order chi connectivity index (χ0) is 17.7. The molecule has 0 fully saturated rings. The van der Waals surface area contributed by atoms with Crippen LogP contribution in [-0.2, 0) is 4.74 Å². The molecule has 0 spiro atoms. The van der Waals surface area contributed by atoms with Crippen LogP contribution in [0.3, 0.4) is 0 Å². The van der Waals surface area contributed by atoms with Gasteiger partial charge in [-0.15, -0.1) is 0 Å². The van der Waals surface area contributed by atoms with E-state index in [1.165, 1.54) is 26.4 Å². The second-order valence-corrected chi connectivity index (χ2v) is 4.95. The van der Waals surface area contributed by atoms with Gasteiger partial charge in [-0.25, -0.2) is 9.18 Å². The Hall–Kier alpha value is -3.09. The normalized spacial score (nSPS) is 10.0. The van der Waals surface area contributed by atoms with Gasteiger partial charge in [0.05, 0.1) is 19.9 Å². The molecule has 7 heteroatoms. The minimum absolute atomic E-state index is 0.0962. The number of hydrogen-bond acceptors (Lipinski definition) is 4. The number of methoxy groups -OCH3 is 2. The van der Waals surface area contributed by atoms with Gasteiger partial charge in [0, 0.05) is 11.3 Å². The van der Waals surface area contributed by atoms with E-state index in [0.29, 0.717) is 17.0 Å². The van der Waals surface area contributed by atoms with Crippen LogP contribution in [0.2, 0.25) is 0 Å². The molecule has 0 saturated heterocycles. The maximum Gasteiger partial charge on any atom is 0.411 e. The van der Waals surface area contributed by atoms with Crippen molar-refractivity contribution in [2.24, 2.45) is 0 Å². The van der Waals surface area contributed by atoms with Gasteiger partial charge in [-0.3, -0.25) is 10.1 Å². The lowest BCUT2D eigenvalue weighted by Crippen LogP contribution is -2.14. The number of anilines is 2. The molecule has 0 atom stereocenters. The van der Waals surface area contributed by atoms with Crippen molar-refractivity contribution in [3.63, 3.8) is 0 Å². The number of carbonyl (C=O) groups is 2. The highest BCUT2D eigenvalue weighted by Crippen LogP contribution is 2.22. The van der Waals surface area contributed by atoms with Crippen LogP contribution in [-0.4, -0.2) is 26.2 Å². The molecule has 0 unspecified atom stereocenters. The van der Waals surface area contributed by atoms with Crippen molar-refractivity contribution in [1.29, 1.82) is 0 Å². The summed E-state index contributed by atoms with van der Waals surface area (Å²) in [6, 6.07) is 8.86. The van der Waals surface area contributed by atoms with Crippen LogP contribution in [0.4, 0.5) is 20.6 Å². The fourth-order valence-electron chi connectivity index (χ4n) is 2.02. The Labute approximate surface area is 138 Å². The quantitative estimate of drug-likeness (QED) is 0.897. The highest BCUT2D eigenvalue weighted by Gasteiger charge is 2.12. The van der Waals surface area contributed by atoms with Crippen molar-refractivity contribution >= 4 is 23.4 Å². The lowest BCUT2D eigenvalue weighted by Gasteiger charge is -2.10. The van der Waals surface area contributed by atoms with Crippen molar-refractivity contribution in [2.75, 3.05) is 24.9 Å². The Balaban J connectivity index is 2.20. The Morgan fingerprint density at radius 1 is 1.04 bits per heavy atom. The monoisotopic (exact) mass is 332 g/mol. The number of ether oxygens (including phenoxy) is 2. The molecule has 0 saturated carbocycles. The molecule has 2 aromatic carbocycles. The standard InChI is InChI=1S/C17H17FN2O4/c1-10-4-5-11(8-15(10)23-2)16(21)19-12-6-7-13(18)14(9-12)20-17(22)24-3/h4-9H,1-3H3,(H,19,21)(H,20,22). The molecule has 126 valence electrons. The lowest BCUT2D eigenvalue weighted by molar-refractivity contribution is 0.102. The summed E-state index contributed by atoms with van der Waals surface area (Å²) in [7, 11) is 2.69. The molecule has 6 nitrogen and oxygen atoms in total. The van der Waals surface area contributed by atoms with Crippen LogP contribution in [0.25, 0.3) is 0 Å². The molecule has 0 radical (unpaired) electrons. The smallest absolute Gasteiger partial charge is 0.411 e. The van der Waals surface area contributed by atoms with E-state index in [-0.39, 0.29) is 11.6 Å². The van der Waals surface area contributed by atoms with Gasteiger partial charge in [-0.1, -0.05) is 6.07 Å². The highest BCUT2D eigenvalue weighted by molar-refractivity contribution is 6.05. The van der Waals surface area contributed by atoms with E-state index in [0.717, 1.165) is 11.6 Å². The van der Waals surface area contributed by atoms with Crippen molar-refractivity contribution in [3.8, 4) is 5.75 Å². The molecule has 0 aromatic heterocycles. The summed E-state index contributed by atoms with van der Waals surface area (Å²) in [4.78, 5) is 23.5. The Morgan fingerprint density at radius 3 is 2.46 bits per heavy atom. The largest absolute Gasteiger partial charge is 0.496 e. The van der Waals surface area contributed by atoms with Gasteiger partial charge in [0.2, 0.25) is 0 Å². The molecule has 0 aliphatic carbocycles. The second kappa shape index (κ2) is 7.45. The van der Waals surface area contributed by atoms with Gasteiger partial charge in [0.15, 0.2) is 0 Å². The second-order valence-electron chi connectivity index (χ2n) is 4.95. The van der Waals surface area contributed by atoms with Crippen LogP contribution < -0.4 is 15.4 Å². The number of carbonyl (C=O) groups excluding carboxylic acids is 2. The molecule has 0 aliphatic heterocycles. The third kappa shape index (κ3) is 4.01. The van der Waals surface area contributed by atoms with E-state index in [1.807, 2.05) is 6.92 Å². The average molecular weight is 332 g/mol. The summed E-state index contributed by atoms with van der Waals surface area (Å²) in [6.07, 6.45) is -0.805. The van der Waals surface area contributed by atoms with Crippen LogP contribution >= 0.6 is 0 Å². The van der Waals surface area contributed by atoms with Gasteiger partial charge in [0.25, 0.3) is 5.91 Å². The first kappa shape index (κ1) is 17.3. The van der Waals surface area contributed by atoms with E-state index in [1.54, 1.807) is 18.2 Å². The Bertz CT molecular complexity index is 777. The first-order valence-electron chi connectivity index (χ1n) is 7.05. The maximum absolute atomic E-state index is 13.7. The van der Waals surface area contributed by atoms with Gasteiger partial charge in [-0.05, 0) is 42.8 Å². The molecule has 0 heterocycles. The summed E-state index contributed by atoms with van der Waals surface area (Å²) in [5, 5.41) is 4.87. The lowest BCUT2D eigenvalue weighted by atomic mass is 10.1. The number of halogens is 1. The molecular formula is C17H17FN2O4. The number of benzene rings is 2. The highest BCUT2D eigenvalue weighted by atomic mass is 19.1. The number of rotatable bonds is 4. The third-order valence-corrected chi connectivity index (χ3v) is 3.32. The van der Waals surface area contributed by atoms with E-state index in [9.17, 15) is 14.0 Å².